The zero-order valence-corrected chi connectivity index (χ0v) is 13.7. The summed E-state index contributed by atoms with van der Waals surface area (Å²) in [6, 6.07) is 0. The molecule has 0 saturated carbocycles. The van der Waals surface area contributed by atoms with Gasteiger partial charge in [0.15, 0.2) is 0 Å². The Morgan fingerprint density at radius 1 is 1.33 bits per heavy atom. The Balaban J connectivity index is 1.75. The van der Waals surface area contributed by atoms with Crippen LogP contribution < -0.4 is 5.32 Å². The van der Waals surface area contributed by atoms with Crippen molar-refractivity contribution in [3.8, 4) is 0 Å². The fraction of sp³-hybridized carbons (Fsp3) is 0.824. The molecule has 0 amide bonds. The van der Waals surface area contributed by atoms with Crippen LogP contribution in [0.1, 0.15) is 63.8 Å². The number of hydrogen-bond donors (Lipinski definition) is 2. The molecule has 1 aliphatic rings. The molecule has 4 heteroatoms. The number of aliphatic hydroxyl groups is 1. The highest BCUT2D eigenvalue weighted by Gasteiger charge is 2.21. The molecule has 0 aromatic carbocycles. The summed E-state index contributed by atoms with van der Waals surface area (Å²) in [4.78, 5) is 4.55. The third-order valence-corrected chi connectivity index (χ3v) is 4.64. The third-order valence-electron chi connectivity index (χ3n) is 4.64. The molecule has 2 rings (SSSR count). The van der Waals surface area contributed by atoms with Crippen molar-refractivity contribution in [2.24, 2.45) is 0 Å². The topological polar surface area (TPSA) is 50.1 Å². The summed E-state index contributed by atoms with van der Waals surface area (Å²) < 4.78 is 2.35. The highest BCUT2D eigenvalue weighted by molar-refractivity contribution is 5.16. The van der Waals surface area contributed by atoms with E-state index >= 15 is 0 Å². The molecule has 0 spiro atoms. The molecule has 0 bridgehead atoms. The number of aromatic nitrogens is 2. The van der Waals surface area contributed by atoms with Gasteiger partial charge in [0.25, 0.3) is 0 Å². The standard InChI is InChI=1S/C17H31N3O/c1-3-11-19-17(2,13-21)10-6-7-12-20-14-18-15-8-4-5-9-16(15)20/h14,19,21H,3-13H2,1-2H3. The van der Waals surface area contributed by atoms with Gasteiger partial charge in [-0.25, -0.2) is 4.98 Å². The molecule has 120 valence electrons. The van der Waals surface area contributed by atoms with Gasteiger partial charge in [-0.3, -0.25) is 0 Å². The van der Waals surface area contributed by atoms with Gasteiger partial charge in [-0.05, 0) is 64.8 Å². The normalized spacial score (nSPS) is 17.5. The van der Waals surface area contributed by atoms with Gasteiger partial charge in [-0.15, -0.1) is 0 Å². The monoisotopic (exact) mass is 293 g/mol. The lowest BCUT2D eigenvalue weighted by molar-refractivity contribution is 0.162. The summed E-state index contributed by atoms with van der Waals surface area (Å²) in [6.07, 6.45) is 11.4. The highest BCUT2D eigenvalue weighted by Crippen LogP contribution is 2.21. The van der Waals surface area contributed by atoms with Crippen LogP contribution in [0.25, 0.3) is 0 Å². The average molecular weight is 293 g/mol. The molecule has 1 aromatic rings. The number of unbranched alkanes of at least 4 members (excludes halogenated alkanes) is 1. The van der Waals surface area contributed by atoms with Crippen LogP contribution in [0.2, 0.25) is 0 Å². The maximum atomic E-state index is 9.58. The minimum Gasteiger partial charge on any atom is -0.394 e. The highest BCUT2D eigenvalue weighted by atomic mass is 16.3. The molecule has 0 radical (unpaired) electrons. The Hall–Kier alpha value is -0.870. The van der Waals surface area contributed by atoms with Gasteiger partial charge >= 0.3 is 0 Å². The van der Waals surface area contributed by atoms with E-state index in [1.54, 1.807) is 0 Å². The van der Waals surface area contributed by atoms with Gasteiger partial charge in [-0.1, -0.05) is 6.92 Å². The number of rotatable bonds is 9. The molecule has 1 unspecified atom stereocenters. The number of imidazole rings is 1. The Bertz CT molecular complexity index is 430. The van der Waals surface area contributed by atoms with Crippen molar-refractivity contribution in [2.45, 2.75) is 77.3 Å². The van der Waals surface area contributed by atoms with E-state index in [1.165, 1.54) is 30.7 Å². The van der Waals surface area contributed by atoms with Crippen LogP contribution in [-0.4, -0.2) is 33.3 Å². The van der Waals surface area contributed by atoms with Gasteiger partial charge in [0, 0.05) is 17.8 Å². The summed E-state index contributed by atoms with van der Waals surface area (Å²) in [7, 11) is 0. The van der Waals surface area contributed by atoms with E-state index in [9.17, 15) is 5.11 Å². The zero-order chi connectivity index (χ0) is 15.1. The van der Waals surface area contributed by atoms with Crippen molar-refractivity contribution in [1.29, 1.82) is 0 Å². The first-order chi connectivity index (χ1) is 10.2. The number of nitrogens with one attached hydrogen (secondary N) is 1. The molecule has 1 aromatic heterocycles. The fourth-order valence-electron chi connectivity index (χ4n) is 3.17. The van der Waals surface area contributed by atoms with Gasteiger partial charge in [0.2, 0.25) is 0 Å². The van der Waals surface area contributed by atoms with Crippen molar-refractivity contribution in [3.05, 3.63) is 17.7 Å². The Morgan fingerprint density at radius 3 is 2.90 bits per heavy atom. The lowest BCUT2D eigenvalue weighted by atomic mass is 9.95. The number of nitrogens with zero attached hydrogens (tertiary/aromatic N) is 2. The number of aliphatic hydroxyl groups excluding tert-OH is 1. The van der Waals surface area contributed by atoms with Gasteiger partial charge in [0.1, 0.15) is 0 Å². The molecule has 2 N–H and O–H groups in total. The first-order valence-corrected chi connectivity index (χ1v) is 8.57. The number of fused-ring (bicyclic) bond motifs is 1. The Labute approximate surface area is 129 Å². The predicted octanol–water partition coefficient (Wildman–Crippen LogP) is 2.68. The van der Waals surface area contributed by atoms with Crippen LogP contribution in [0.4, 0.5) is 0 Å². The summed E-state index contributed by atoms with van der Waals surface area (Å²) in [5, 5.41) is 13.0. The fourth-order valence-corrected chi connectivity index (χ4v) is 3.17. The molecule has 0 aliphatic heterocycles. The van der Waals surface area contributed by atoms with E-state index in [0.717, 1.165) is 45.2 Å². The van der Waals surface area contributed by atoms with Crippen molar-refractivity contribution in [1.82, 2.24) is 14.9 Å². The first-order valence-electron chi connectivity index (χ1n) is 8.57. The maximum Gasteiger partial charge on any atom is 0.0951 e. The summed E-state index contributed by atoms with van der Waals surface area (Å²) in [5.41, 5.74) is 2.67. The van der Waals surface area contributed by atoms with Crippen LogP contribution in [-0.2, 0) is 19.4 Å². The van der Waals surface area contributed by atoms with E-state index in [1.807, 2.05) is 6.33 Å². The second kappa shape index (κ2) is 7.95. The summed E-state index contributed by atoms with van der Waals surface area (Å²) >= 11 is 0. The van der Waals surface area contributed by atoms with Crippen LogP contribution >= 0.6 is 0 Å². The lowest BCUT2D eigenvalue weighted by Crippen LogP contribution is -2.46. The van der Waals surface area contributed by atoms with Crippen LogP contribution in [0.15, 0.2) is 6.33 Å². The van der Waals surface area contributed by atoms with Crippen molar-refractivity contribution >= 4 is 0 Å². The van der Waals surface area contributed by atoms with E-state index in [2.05, 4.69) is 28.7 Å². The first kappa shape index (κ1) is 16.5. The second-order valence-corrected chi connectivity index (χ2v) is 6.64. The molecule has 1 heterocycles. The van der Waals surface area contributed by atoms with E-state index in [-0.39, 0.29) is 12.1 Å². The SMILES string of the molecule is CCCNC(C)(CO)CCCCn1cnc2c1CCCC2. The maximum absolute atomic E-state index is 9.58. The Kier molecular flexibility index (Phi) is 6.24. The van der Waals surface area contributed by atoms with E-state index in [0.29, 0.717) is 0 Å². The number of aryl methyl sites for hydroxylation is 2. The van der Waals surface area contributed by atoms with Crippen molar-refractivity contribution in [3.63, 3.8) is 0 Å². The van der Waals surface area contributed by atoms with Gasteiger partial charge in [-0.2, -0.15) is 0 Å². The van der Waals surface area contributed by atoms with Crippen molar-refractivity contribution in [2.75, 3.05) is 13.2 Å². The summed E-state index contributed by atoms with van der Waals surface area (Å²) in [5.74, 6) is 0. The zero-order valence-electron chi connectivity index (χ0n) is 13.7. The molecule has 1 aliphatic carbocycles. The average Bonchev–Trinajstić information content (AvgIpc) is 2.93. The lowest BCUT2D eigenvalue weighted by Gasteiger charge is -2.29. The Morgan fingerprint density at radius 2 is 2.14 bits per heavy atom. The van der Waals surface area contributed by atoms with Gasteiger partial charge in [0.05, 0.1) is 18.6 Å². The molecular weight excluding hydrogens is 262 g/mol. The third kappa shape index (κ3) is 4.55. The summed E-state index contributed by atoms with van der Waals surface area (Å²) in [6.45, 7) is 6.55. The predicted molar refractivity (Wildman–Crippen MR) is 86.5 cm³/mol. The van der Waals surface area contributed by atoms with Gasteiger partial charge < -0.3 is 15.0 Å². The van der Waals surface area contributed by atoms with Crippen molar-refractivity contribution < 1.29 is 5.11 Å². The minimum atomic E-state index is -0.121. The molecule has 0 saturated heterocycles. The molecule has 1 atom stereocenters. The molecule has 21 heavy (non-hydrogen) atoms. The van der Waals surface area contributed by atoms with E-state index < -0.39 is 0 Å². The van der Waals surface area contributed by atoms with Crippen LogP contribution in [0, 0.1) is 0 Å². The van der Waals surface area contributed by atoms with Crippen LogP contribution in [0.5, 0.6) is 0 Å². The van der Waals surface area contributed by atoms with E-state index in [4.69, 9.17) is 0 Å². The largest absolute Gasteiger partial charge is 0.394 e. The number of hydrogen-bond acceptors (Lipinski definition) is 3. The second-order valence-electron chi connectivity index (χ2n) is 6.64. The van der Waals surface area contributed by atoms with Crippen LogP contribution in [0.3, 0.4) is 0 Å². The molecular formula is C17H31N3O. The minimum absolute atomic E-state index is 0.121. The smallest absolute Gasteiger partial charge is 0.0951 e. The quantitative estimate of drug-likeness (QED) is 0.688. The molecule has 0 fully saturated rings. The molecule has 4 nitrogen and oxygen atoms in total.